The summed E-state index contributed by atoms with van der Waals surface area (Å²) in [5, 5.41) is 19.0. The molecule has 0 aliphatic carbocycles. The third-order valence-corrected chi connectivity index (χ3v) is 1.56. The molecule has 1 heterocycles. The highest BCUT2D eigenvalue weighted by Crippen LogP contribution is 2.18. The number of nitrogen functional groups attached to an aromatic ring is 1. The van der Waals surface area contributed by atoms with E-state index in [0.717, 1.165) is 0 Å². The van der Waals surface area contributed by atoms with E-state index < -0.39 is 4.92 Å². The second-order valence-electron chi connectivity index (χ2n) is 2.66. The normalized spacial score (nSPS) is 9.13. The van der Waals surface area contributed by atoms with Crippen molar-refractivity contribution in [1.29, 1.82) is 0 Å². The summed E-state index contributed by atoms with van der Waals surface area (Å²) in [5.41, 5.74) is 5.45. The van der Waals surface area contributed by atoms with Crippen LogP contribution in [0.25, 0.3) is 0 Å². The van der Waals surface area contributed by atoms with Crippen LogP contribution in [0.3, 0.4) is 0 Å². The average molecular weight is 207 g/mol. The highest BCUT2D eigenvalue weighted by Gasteiger charge is 2.12. The Balaban J connectivity index is 2.99. The van der Waals surface area contributed by atoms with Gasteiger partial charge in [-0.3, -0.25) is 10.1 Å². The minimum atomic E-state index is -0.612. The molecule has 1 rings (SSSR count). The first kappa shape index (κ1) is 10.9. The summed E-state index contributed by atoms with van der Waals surface area (Å²) in [6.07, 6.45) is 1.67. The van der Waals surface area contributed by atoms with Crippen molar-refractivity contribution in [2.45, 2.75) is 6.42 Å². The van der Waals surface area contributed by atoms with Gasteiger partial charge in [0.2, 0.25) is 5.82 Å². The van der Waals surface area contributed by atoms with Crippen LogP contribution in [-0.2, 0) is 0 Å². The molecule has 0 saturated carbocycles. The summed E-state index contributed by atoms with van der Waals surface area (Å²) in [7, 11) is 0. The monoisotopic (exact) mass is 207 g/mol. The molecule has 0 unspecified atom stereocenters. The molecule has 0 aromatic carbocycles. The molecule has 15 heavy (non-hydrogen) atoms. The maximum atomic E-state index is 10.5. The second kappa shape index (κ2) is 4.93. The Morgan fingerprint density at radius 2 is 2.40 bits per heavy atom. The fourth-order valence-corrected chi connectivity index (χ4v) is 0.899. The van der Waals surface area contributed by atoms with Gasteiger partial charge in [0.25, 0.3) is 0 Å². The fraction of sp³-hybridized carbons (Fsp3) is 0.222. The molecule has 0 atom stereocenters. The molecule has 0 saturated heterocycles. The molecular weight excluding hydrogens is 198 g/mol. The minimum absolute atomic E-state index is 0.0442. The Labute approximate surface area is 85.9 Å². The van der Waals surface area contributed by atoms with Gasteiger partial charge >= 0.3 is 5.69 Å². The average Bonchev–Trinajstić information content (AvgIpc) is 2.20. The van der Waals surface area contributed by atoms with Crippen molar-refractivity contribution < 1.29 is 10.0 Å². The van der Waals surface area contributed by atoms with Gasteiger partial charge in [-0.2, -0.15) is 0 Å². The molecule has 6 nitrogen and oxygen atoms in total. The van der Waals surface area contributed by atoms with Gasteiger partial charge in [-0.1, -0.05) is 11.8 Å². The standard InChI is InChI=1S/C9H9N3O3/c10-9-8(12(14)15)5-7(6-11-9)3-1-2-4-13/h5-6,13H,2,4H2,(H2,10,11). The molecular formula is C9H9N3O3. The number of hydrogen-bond acceptors (Lipinski definition) is 5. The zero-order chi connectivity index (χ0) is 11.3. The molecule has 0 aliphatic heterocycles. The van der Waals surface area contributed by atoms with E-state index in [1.54, 1.807) is 0 Å². The Morgan fingerprint density at radius 1 is 1.67 bits per heavy atom. The van der Waals surface area contributed by atoms with E-state index in [2.05, 4.69) is 16.8 Å². The van der Waals surface area contributed by atoms with Gasteiger partial charge in [0, 0.05) is 24.2 Å². The number of aliphatic hydroxyl groups excluding tert-OH is 1. The number of pyridine rings is 1. The topological polar surface area (TPSA) is 102 Å². The first-order valence-corrected chi connectivity index (χ1v) is 4.15. The van der Waals surface area contributed by atoms with Crippen molar-refractivity contribution in [1.82, 2.24) is 4.98 Å². The largest absolute Gasteiger partial charge is 0.395 e. The lowest BCUT2D eigenvalue weighted by Gasteiger charge is -1.95. The maximum Gasteiger partial charge on any atom is 0.312 e. The van der Waals surface area contributed by atoms with Gasteiger partial charge in [0.05, 0.1) is 11.5 Å². The van der Waals surface area contributed by atoms with Gasteiger partial charge in [-0.15, -0.1) is 0 Å². The summed E-state index contributed by atoms with van der Waals surface area (Å²) in [6, 6.07) is 1.26. The Morgan fingerprint density at radius 3 is 3.00 bits per heavy atom. The van der Waals surface area contributed by atoms with E-state index in [-0.39, 0.29) is 18.1 Å². The summed E-state index contributed by atoms with van der Waals surface area (Å²) >= 11 is 0. The third kappa shape index (κ3) is 2.93. The Kier molecular flexibility index (Phi) is 3.60. The zero-order valence-electron chi connectivity index (χ0n) is 7.80. The number of nitro groups is 1. The van der Waals surface area contributed by atoms with Gasteiger partial charge in [-0.25, -0.2) is 4.98 Å². The smallest absolute Gasteiger partial charge is 0.312 e. The van der Waals surface area contributed by atoms with Crippen molar-refractivity contribution in [3.63, 3.8) is 0 Å². The van der Waals surface area contributed by atoms with Crippen LogP contribution in [0.15, 0.2) is 12.3 Å². The Hall–Kier alpha value is -2.13. The molecule has 0 aliphatic rings. The molecule has 78 valence electrons. The van der Waals surface area contributed by atoms with Crippen LogP contribution in [0.5, 0.6) is 0 Å². The highest BCUT2D eigenvalue weighted by atomic mass is 16.6. The lowest BCUT2D eigenvalue weighted by molar-refractivity contribution is -0.384. The van der Waals surface area contributed by atoms with Crippen LogP contribution in [-0.4, -0.2) is 21.6 Å². The van der Waals surface area contributed by atoms with E-state index in [1.165, 1.54) is 12.3 Å². The van der Waals surface area contributed by atoms with Gasteiger partial charge in [-0.05, 0) is 0 Å². The fourth-order valence-electron chi connectivity index (χ4n) is 0.899. The SMILES string of the molecule is Nc1ncc(C#CCCO)cc1[N+](=O)[O-]. The summed E-state index contributed by atoms with van der Waals surface area (Å²) in [4.78, 5) is 13.5. The van der Waals surface area contributed by atoms with Gasteiger partial charge < -0.3 is 10.8 Å². The van der Waals surface area contributed by atoms with Crippen LogP contribution in [0.2, 0.25) is 0 Å². The molecule has 0 amide bonds. The molecule has 0 spiro atoms. The van der Waals surface area contributed by atoms with Gasteiger partial charge in [0.15, 0.2) is 0 Å². The first-order chi connectivity index (χ1) is 7.15. The third-order valence-electron chi connectivity index (χ3n) is 1.56. The minimum Gasteiger partial charge on any atom is -0.395 e. The number of hydrogen-bond donors (Lipinski definition) is 2. The van der Waals surface area contributed by atoms with Crippen LogP contribution in [0.4, 0.5) is 11.5 Å². The van der Waals surface area contributed by atoms with Gasteiger partial charge in [0.1, 0.15) is 0 Å². The van der Waals surface area contributed by atoms with Crippen molar-refractivity contribution in [2.24, 2.45) is 0 Å². The molecule has 1 aromatic heterocycles. The number of aliphatic hydroxyl groups is 1. The van der Waals surface area contributed by atoms with Crippen LogP contribution >= 0.6 is 0 Å². The lowest BCUT2D eigenvalue weighted by atomic mass is 10.2. The number of nitrogens with two attached hydrogens (primary N) is 1. The molecule has 6 heteroatoms. The first-order valence-electron chi connectivity index (χ1n) is 4.15. The van der Waals surface area contributed by atoms with Crippen molar-refractivity contribution in [3.8, 4) is 11.8 Å². The van der Waals surface area contributed by atoms with Crippen LogP contribution in [0.1, 0.15) is 12.0 Å². The van der Waals surface area contributed by atoms with E-state index in [9.17, 15) is 10.1 Å². The van der Waals surface area contributed by atoms with Crippen molar-refractivity contribution >= 4 is 11.5 Å². The molecule has 0 fully saturated rings. The molecule has 1 aromatic rings. The molecule has 3 N–H and O–H groups in total. The summed E-state index contributed by atoms with van der Waals surface area (Å²) in [6.45, 7) is -0.0442. The second-order valence-corrected chi connectivity index (χ2v) is 2.66. The van der Waals surface area contributed by atoms with Crippen molar-refractivity contribution in [2.75, 3.05) is 12.3 Å². The number of anilines is 1. The van der Waals surface area contributed by atoms with E-state index in [1.807, 2.05) is 0 Å². The van der Waals surface area contributed by atoms with E-state index >= 15 is 0 Å². The molecule has 0 bridgehead atoms. The van der Waals surface area contributed by atoms with Crippen molar-refractivity contribution in [3.05, 3.63) is 27.9 Å². The zero-order valence-corrected chi connectivity index (χ0v) is 7.80. The van der Waals surface area contributed by atoms with E-state index in [0.29, 0.717) is 12.0 Å². The van der Waals surface area contributed by atoms with E-state index in [4.69, 9.17) is 10.8 Å². The van der Waals surface area contributed by atoms with Crippen LogP contribution < -0.4 is 5.73 Å². The predicted octanol–water partition coefficient (Wildman–Crippen LogP) is 0.306. The predicted molar refractivity (Wildman–Crippen MR) is 53.9 cm³/mol. The Bertz CT molecular complexity index is 434. The lowest BCUT2D eigenvalue weighted by Crippen LogP contribution is -1.98. The maximum absolute atomic E-state index is 10.5. The van der Waals surface area contributed by atoms with Crippen LogP contribution in [0, 0.1) is 22.0 Å². The number of aromatic nitrogens is 1. The highest BCUT2D eigenvalue weighted by molar-refractivity contribution is 5.55. The molecule has 0 radical (unpaired) electrons. The summed E-state index contributed by atoms with van der Waals surface area (Å²) < 4.78 is 0. The summed E-state index contributed by atoms with van der Waals surface area (Å²) in [5.74, 6) is 5.14. The number of nitrogens with zero attached hydrogens (tertiary/aromatic N) is 2. The quantitative estimate of drug-likeness (QED) is 0.412. The number of rotatable bonds is 2.